The van der Waals surface area contributed by atoms with Crippen molar-refractivity contribution in [3.05, 3.63) is 23.8 Å². The van der Waals surface area contributed by atoms with Crippen LogP contribution < -0.4 is 9.47 Å². The quantitative estimate of drug-likeness (QED) is 0.463. The number of carbonyl (C=O) groups excluding carboxylic acids is 1. The second kappa shape index (κ2) is 9.60. The van der Waals surface area contributed by atoms with Crippen molar-refractivity contribution < 1.29 is 18.7 Å². The van der Waals surface area contributed by atoms with Crippen molar-refractivity contribution in [1.29, 1.82) is 0 Å². The molecule has 0 N–H and O–H groups in total. The number of hydrogen-bond acceptors (Lipinski definition) is 4. The molecule has 0 heterocycles. The fourth-order valence-corrected chi connectivity index (χ4v) is 3.17. The lowest BCUT2D eigenvalue weighted by Gasteiger charge is -2.17. The Morgan fingerprint density at radius 3 is 2.22 bits per heavy atom. The molecule has 130 valence electrons. The van der Waals surface area contributed by atoms with Gasteiger partial charge in [0.1, 0.15) is 0 Å². The number of hydrogen-bond donors (Lipinski definition) is 0. The summed E-state index contributed by atoms with van der Waals surface area (Å²) in [5, 5.41) is 0. The van der Waals surface area contributed by atoms with Gasteiger partial charge in [0.2, 0.25) is 8.32 Å². The van der Waals surface area contributed by atoms with Gasteiger partial charge in [0.25, 0.3) is 5.97 Å². The van der Waals surface area contributed by atoms with E-state index in [0.29, 0.717) is 6.42 Å². The smallest absolute Gasteiger partial charge is 0.292 e. The van der Waals surface area contributed by atoms with E-state index in [1.165, 1.54) is 5.56 Å². The van der Waals surface area contributed by atoms with Crippen LogP contribution >= 0.6 is 0 Å². The van der Waals surface area contributed by atoms with Crippen LogP contribution in [-0.4, -0.2) is 28.5 Å². The van der Waals surface area contributed by atoms with Crippen molar-refractivity contribution in [3.63, 3.8) is 0 Å². The Balaban J connectivity index is 2.22. The topological polar surface area (TPSA) is 44.8 Å². The van der Waals surface area contributed by atoms with Gasteiger partial charge in [-0.1, -0.05) is 18.9 Å². The lowest BCUT2D eigenvalue weighted by atomic mass is 10.0. The summed E-state index contributed by atoms with van der Waals surface area (Å²) in [6.07, 6.45) is 5.76. The monoisotopic (exact) mass is 338 g/mol. The molecule has 0 aliphatic carbocycles. The zero-order valence-corrected chi connectivity index (χ0v) is 16.1. The third-order valence-corrected chi connectivity index (χ3v) is 4.30. The molecule has 0 aliphatic rings. The highest BCUT2D eigenvalue weighted by molar-refractivity contribution is 6.71. The first kappa shape index (κ1) is 19.6. The Kier molecular flexibility index (Phi) is 8.16. The summed E-state index contributed by atoms with van der Waals surface area (Å²) in [5.74, 6) is 1.50. The molecular formula is C18H30O4Si. The average Bonchev–Trinajstić information content (AvgIpc) is 2.48. The van der Waals surface area contributed by atoms with Crippen LogP contribution in [0.25, 0.3) is 0 Å². The Morgan fingerprint density at radius 2 is 1.61 bits per heavy atom. The van der Waals surface area contributed by atoms with Gasteiger partial charge in [-0.2, -0.15) is 0 Å². The molecule has 0 atom stereocenters. The predicted molar refractivity (Wildman–Crippen MR) is 95.8 cm³/mol. The molecule has 0 aliphatic heterocycles. The van der Waals surface area contributed by atoms with Gasteiger partial charge in [-0.15, -0.1) is 0 Å². The van der Waals surface area contributed by atoms with Gasteiger partial charge in [0.05, 0.1) is 14.2 Å². The second-order valence-electron chi connectivity index (χ2n) is 6.69. The van der Waals surface area contributed by atoms with Crippen LogP contribution in [0.1, 0.15) is 37.7 Å². The van der Waals surface area contributed by atoms with Crippen LogP contribution in [0.15, 0.2) is 18.2 Å². The van der Waals surface area contributed by atoms with Crippen LogP contribution in [-0.2, 0) is 15.6 Å². The van der Waals surface area contributed by atoms with Crippen molar-refractivity contribution in [3.8, 4) is 11.5 Å². The first-order chi connectivity index (χ1) is 10.9. The molecule has 0 saturated carbocycles. The molecule has 1 aromatic rings. The molecule has 0 spiro atoms. The van der Waals surface area contributed by atoms with Crippen LogP contribution in [0.4, 0.5) is 0 Å². The zero-order chi connectivity index (χ0) is 17.3. The van der Waals surface area contributed by atoms with Gasteiger partial charge in [-0.05, 0) is 56.6 Å². The fourth-order valence-electron chi connectivity index (χ4n) is 2.38. The summed E-state index contributed by atoms with van der Waals surface area (Å²) >= 11 is 0. The Labute approximate surface area is 141 Å². The van der Waals surface area contributed by atoms with Crippen LogP contribution in [0.3, 0.4) is 0 Å². The van der Waals surface area contributed by atoms with Gasteiger partial charge in [-0.25, -0.2) is 0 Å². The minimum atomic E-state index is -1.73. The molecule has 23 heavy (non-hydrogen) atoms. The molecule has 0 amide bonds. The average molecular weight is 339 g/mol. The minimum absolute atomic E-state index is 0.0379. The predicted octanol–water partition coefficient (Wildman–Crippen LogP) is 4.57. The number of methoxy groups -OCH3 is 2. The SMILES string of the molecule is COc1ccc(CCCCCCC(=O)O[Si](C)(C)C)cc1OC. The Hall–Kier alpha value is -1.49. The van der Waals surface area contributed by atoms with E-state index in [9.17, 15) is 4.79 Å². The van der Waals surface area contributed by atoms with Crippen molar-refractivity contribution >= 4 is 14.3 Å². The normalized spacial score (nSPS) is 11.2. The zero-order valence-electron chi connectivity index (χ0n) is 15.1. The summed E-state index contributed by atoms with van der Waals surface area (Å²) in [4.78, 5) is 11.6. The van der Waals surface area contributed by atoms with Gasteiger partial charge >= 0.3 is 0 Å². The molecule has 1 aromatic carbocycles. The number of ether oxygens (including phenoxy) is 2. The van der Waals surface area contributed by atoms with E-state index in [-0.39, 0.29) is 5.97 Å². The maximum Gasteiger partial charge on any atom is 0.292 e. The third-order valence-electron chi connectivity index (χ3n) is 3.46. The molecule has 0 radical (unpaired) electrons. The maximum atomic E-state index is 11.6. The van der Waals surface area contributed by atoms with Crippen molar-refractivity contribution in [2.45, 2.75) is 58.2 Å². The van der Waals surface area contributed by atoms with Gasteiger partial charge < -0.3 is 13.9 Å². The van der Waals surface area contributed by atoms with Crippen molar-refractivity contribution in [2.24, 2.45) is 0 Å². The molecule has 0 unspecified atom stereocenters. The highest BCUT2D eigenvalue weighted by atomic mass is 28.4. The van der Waals surface area contributed by atoms with Crippen LogP contribution in [0, 0.1) is 0 Å². The van der Waals surface area contributed by atoms with Crippen molar-refractivity contribution in [1.82, 2.24) is 0 Å². The Bertz CT molecular complexity index is 494. The van der Waals surface area contributed by atoms with Crippen LogP contribution in [0.5, 0.6) is 11.5 Å². The van der Waals surface area contributed by atoms with Gasteiger partial charge in [0.15, 0.2) is 11.5 Å². The standard InChI is InChI=1S/C18H30O4Si/c1-20-16-13-12-15(14-17(16)21-2)10-8-6-7-9-11-18(19)22-23(3,4)5/h12-14H,6-11H2,1-5H3. The number of rotatable bonds is 10. The van der Waals surface area contributed by atoms with Gasteiger partial charge in [0, 0.05) is 6.42 Å². The molecule has 1 rings (SSSR count). The fraction of sp³-hybridized carbons (Fsp3) is 0.611. The molecule has 5 heteroatoms. The summed E-state index contributed by atoms with van der Waals surface area (Å²) < 4.78 is 16.0. The number of carbonyl (C=O) groups is 1. The van der Waals surface area contributed by atoms with E-state index < -0.39 is 8.32 Å². The van der Waals surface area contributed by atoms with E-state index in [0.717, 1.165) is 43.6 Å². The third kappa shape index (κ3) is 8.07. The summed E-state index contributed by atoms with van der Waals surface area (Å²) in [6, 6.07) is 6.05. The molecule has 0 saturated heterocycles. The number of benzene rings is 1. The van der Waals surface area contributed by atoms with E-state index >= 15 is 0 Å². The van der Waals surface area contributed by atoms with E-state index in [1.54, 1.807) is 14.2 Å². The van der Waals surface area contributed by atoms with Crippen LogP contribution in [0.2, 0.25) is 19.6 Å². The molecule has 4 nitrogen and oxygen atoms in total. The summed E-state index contributed by atoms with van der Waals surface area (Å²) in [7, 11) is 1.57. The molecule has 0 aromatic heterocycles. The lowest BCUT2D eigenvalue weighted by Crippen LogP contribution is -2.28. The molecule has 0 bridgehead atoms. The second-order valence-corrected chi connectivity index (χ2v) is 11.1. The minimum Gasteiger partial charge on any atom is -0.520 e. The summed E-state index contributed by atoms with van der Waals surface area (Å²) in [6.45, 7) is 6.11. The maximum absolute atomic E-state index is 11.6. The van der Waals surface area contributed by atoms with E-state index in [1.807, 2.05) is 31.8 Å². The molecule has 0 fully saturated rings. The summed E-state index contributed by atoms with van der Waals surface area (Å²) in [5.41, 5.74) is 1.25. The number of unbranched alkanes of at least 4 members (excludes halogenated alkanes) is 3. The highest BCUT2D eigenvalue weighted by Crippen LogP contribution is 2.28. The number of aryl methyl sites for hydroxylation is 1. The first-order valence-corrected chi connectivity index (χ1v) is 11.7. The van der Waals surface area contributed by atoms with E-state index in [2.05, 4.69) is 6.07 Å². The van der Waals surface area contributed by atoms with Crippen molar-refractivity contribution in [2.75, 3.05) is 14.2 Å². The van der Waals surface area contributed by atoms with E-state index in [4.69, 9.17) is 13.9 Å². The highest BCUT2D eigenvalue weighted by Gasteiger charge is 2.19. The largest absolute Gasteiger partial charge is 0.520 e. The van der Waals surface area contributed by atoms with Gasteiger partial charge in [-0.3, -0.25) is 4.79 Å². The first-order valence-electron chi connectivity index (χ1n) is 8.28. The Morgan fingerprint density at radius 1 is 0.957 bits per heavy atom. The lowest BCUT2D eigenvalue weighted by molar-refractivity contribution is -0.135. The molecular weight excluding hydrogens is 308 g/mol.